The van der Waals surface area contributed by atoms with Crippen LogP contribution >= 0.6 is 11.6 Å². The average Bonchev–Trinajstić information content (AvgIpc) is 2.49. The van der Waals surface area contributed by atoms with Crippen LogP contribution in [0.5, 0.6) is 0 Å². The molecule has 2 rings (SSSR count). The Balaban J connectivity index is 2.12. The van der Waals surface area contributed by atoms with Gasteiger partial charge in [0.15, 0.2) is 0 Å². The summed E-state index contributed by atoms with van der Waals surface area (Å²) in [4.78, 5) is 23.2. The van der Waals surface area contributed by atoms with E-state index in [1.807, 2.05) is 0 Å². The number of carbonyl (C=O) groups excluding carboxylic acids is 1. The van der Waals surface area contributed by atoms with Gasteiger partial charge in [0.1, 0.15) is 5.82 Å². The monoisotopic (exact) mass is 329 g/mol. The van der Waals surface area contributed by atoms with Gasteiger partial charge < -0.3 is 15.2 Å². The maximum absolute atomic E-state index is 13.6. The van der Waals surface area contributed by atoms with Crippen molar-refractivity contribution in [2.45, 2.75) is 25.3 Å². The van der Waals surface area contributed by atoms with E-state index in [0.29, 0.717) is 31.6 Å². The van der Waals surface area contributed by atoms with Gasteiger partial charge in [0.25, 0.3) is 0 Å². The number of benzene rings is 1. The molecule has 1 amide bonds. The maximum atomic E-state index is 13.6. The number of carboxylic acids is 1. The highest BCUT2D eigenvalue weighted by atomic mass is 35.5. The Labute approximate surface area is 132 Å². The van der Waals surface area contributed by atoms with Gasteiger partial charge in [-0.15, -0.1) is 0 Å². The number of hydrogen-bond acceptors (Lipinski definition) is 3. The van der Waals surface area contributed by atoms with Crippen LogP contribution in [-0.4, -0.2) is 30.2 Å². The van der Waals surface area contributed by atoms with Crippen LogP contribution in [0.4, 0.5) is 4.39 Å². The fourth-order valence-corrected chi connectivity index (χ4v) is 2.52. The summed E-state index contributed by atoms with van der Waals surface area (Å²) in [5, 5.41) is 11.6. The second-order valence-electron chi connectivity index (χ2n) is 5.22. The maximum Gasteiger partial charge on any atom is 0.305 e. The second kappa shape index (κ2) is 7.56. The molecule has 0 saturated carbocycles. The number of nitrogens with one attached hydrogen (secondary N) is 1. The molecule has 1 aromatic carbocycles. The molecule has 7 heteroatoms. The first kappa shape index (κ1) is 16.7. The molecule has 0 radical (unpaired) electrons. The van der Waals surface area contributed by atoms with Crippen LogP contribution in [0.2, 0.25) is 5.02 Å². The summed E-state index contributed by atoms with van der Waals surface area (Å²) >= 11 is 5.63. The predicted octanol–water partition coefficient (Wildman–Crippen LogP) is 2.54. The molecular formula is C15H17ClFNO4. The van der Waals surface area contributed by atoms with Crippen LogP contribution in [0.1, 0.15) is 30.9 Å². The van der Waals surface area contributed by atoms with E-state index in [2.05, 4.69) is 5.32 Å². The quantitative estimate of drug-likeness (QED) is 0.870. The third-order valence-corrected chi connectivity index (χ3v) is 3.94. The van der Waals surface area contributed by atoms with Gasteiger partial charge in [-0.1, -0.05) is 17.7 Å². The van der Waals surface area contributed by atoms with Gasteiger partial charge in [-0.2, -0.15) is 0 Å². The predicted molar refractivity (Wildman–Crippen MR) is 78.1 cm³/mol. The summed E-state index contributed by atoms with van der Waals surface area (Å²) < 4.78 is 18.8. The van der Waals surface area contributed by atoms with Crippen molar-refractivity contribution in [3.63, 3.8) is 0 Å². The standard InChI is InChI=1S/C15H17ClFNO4/c16-11-2-1-10(7-12(11)17)13(8-14(19)20)18-15(21)9-3-5-22-6-4-9/h1-2,7,9,13H,3-6,8H2,(H,18,21)(H,19,20)/t13-/m1/s1. The molecule has 1 aliphatic heterocycles. The van der Waals surface area contributed by atoms with Gasteiger partial charge in [0.2, 0.25) is 5.91 Å². The zero-order valence-corrected chi connectivity index (χ0v) is 12.6. The number of halogens is 2. The van der Waals surface area contributed by atoms with Gasteiger partial charge in [-0.05, 0) is 30.5 Å². The zero-order chi connectivity index (χ0) is 16.1. The van der Waals surface area contributed by atoms with Crippen LogP contribution < -0.4 is 5.32 Å². The first-order valence-corrected chi connectivity index (χ1v) is 7.40. The van der Waals surface area contributed by atoms with Crippen molar-refractivity contribution >= 4 is 23.5 Å². The summed E-state index contributed by atoms with van der Waals surface area (Å²) in [5.41, 5.74) is 0.379. The minimum Gasteiger partial charge on any atom is -0.481 e. The minimum atomic E-state index is -1.08. The van der Waals surface area contributed by atoms with Gasteiger partial charge >= 0.3 is 5.97 Å². The van der Waals surface area contributed by atoms with Crippen LogP contribution in [0.3, 0.4) is 0 Å². The van der Waals surface area contributed by atoms with Gasteiger partial charge in [-0.25, -0.2) is 4.39 Å². The van der Waals surface area contributed by atoms with E-state index < -0.39 is 17.8 Å². The lowest BCUT2D eigenvalue weighted by molar-refractivity contribution is -0.138. The smallest absolute Gasteiger partial charge is 0.305 e. The largest absolute Gasteiger partial charge is 0.481 e. The number of carbonyl (C=O) groups is 2. The molecule has 0 aliphatic carbocycles. The lowest BCUT2D eigenvalue weighted by Crippen LogP contribution is -2.37. The van der Waals surface area contributed by atoms with Crippen LogP contribution in [-0.2, 0) is 14.3 Å². The number of aliphatic carboxylic acids is 1. The molecular weight excluding hydrogens is 313 g/mol. The third kappa shape index (κ3) is 4.42. The van der Waals surface area contributed by atoms with Crippen molar-refractivity contribution in [1.82, 2.24) is 5.32 Å². The van der Waals surface area contributed by atoms with E-state index >= 15 is 0 Å². The average molecular weight is 330 g/mol. The van der Waals surface area contributed by atoms with E-state index in [4.69, 9.17) is 21.4 Å². The number of carboxylic acid groups (broad SMARTS) is 1. The number of amides is 1. The Kier molecular flexibility index (Phi) is 5.74. The highest BCUT2D eigenvalue weighted by molar-refractivity contribution is 6.30. The van der Waals surface area contributed by atoms with E-state index in [0.717, 1.165) is 6.07 Å². The Morgan fingerprint density at radius 1 is 1.41 bits per heavy atom. The molecule has 0 unspecified atom stereocenters. The molecule has 1 aliphatic rings. The molecule has 1 fully saturated rings. The molecule has 1 aromatic rings. The van der Waals surface area contributed by atoms with E-state index in [9.17, 15) is 14.0 Å². The fraction of sp³-hybridized carbons (Fsp3) is 0.467. The Bertz CT molecular complexity index is 560. The van der Waals surface area contributed by atoms with Crippen LogP contribution in [0.15, 0.2) is 18.2 Å². The molecule has 2 N–H and O–H groups in total. The molecule has 0 spiro atoms. The Hall–Kier alpha value is -1.66. The summed E-state index contributed by atoms with van der Waals surface area (Å²) in [6.45, 7) is 1.02. The van der Waals surface area contributed by atoms with Crippen molar-refractivity contribution < 1.29 is 23.8 Å². The SMILES string of the molecule is O=C(O)C[C@@H](NC(=O)C1CCOCC1)c1ccc(Cl)c(F)c1. The Morgan fingerprint density at radius 2 is 2.09 bits per heavy atom. The molecule has 22 heavy (non-hydrogen) atoms. The second-order valence-corrected chi connectivity index (χ2v) is 5.63. The zero-order valence-electron chi connectivity index (χ0n) is 11.9. The van der Waals surface area contributed by atoms with Crippen molar-refractivity contribution in [3.05, 3.63) is 34.6 Å². The molecule has 1 saturated heterocycles. The summed E-state index contributed by atoms with van der Waals surface area (Å²) in [6.07, 6.45) is 0.872. The summed E-state index contributed by atoms with van der Waals surface area (Å²) in [5.74, 6) is -2.16. The fourth-order valence-electron chi connectivity index (χ4n) is 2.41. The van der Waals surface area contributed by atoms with Crippen molar-refractivity contribution in [2.75, 3.05) is 13.2 Å². The highest BCUT2D eigenvalue weighted by Gasteiger charge is 2.26. The summed E-state index contributed by atoms with van der Waals surface area (Å²) in [6, 6.07) is 3.23. The number of rotatable bonds is 5. The first-order chi connectivity index (χ1) is 10.5. The summed E-state index contributed by atoms with van der Waals surface area (Å²) in [7, 11) is 0. The first-order valence-electron chi connectivity index (χ1n) is 7.02. The van der Waals surface area contributed by atoms with Gasteiger partial charge in [0, 0.05) is 19.1 Å². The lowest BCUT2D eigenvalue weighted by atomic mass is 9.97. The van der Waals surface area contributed by atoms with Crippen molar-refractivity contribution in [1.29, 1.82) is 0 Å². The van der Waals surface area contributed by atoms with Crippen LogP contribution in [0.25, 0.3) is 0 Å². The lowest BCUT2D eigenvalue weighted by Gasteiger charge is -2.24. The van der Waals surface area contributed by atoms with Crippen molar-refractivity contribution in [2.24, 2.45) is 5.92 Å². The number of ether oxygens (including phenoxy) is 1. The van der Waals surface area contributed by atoms with Crippen LogP contribution in [0, 0.1) is 11.7 Å². The number of hydrogen-bond donors (Lipinski definition) is 2. The van der Waals surface area contributed by atoms with E-state index in [1.54, 1.807) is 0 Å². The minimum absolute atomic E-state index is 0.0476. The highest BCUT2D eigenvalue weighted by Crippen LogP contribution is 2.24. The molecule has 5 nitrogen and oxygen atoms in total. The van der Waals surface area contributed by atoms with Crippen molar-refractivity contribution in [3.8, 4) is 0 Å². The molecule has 120 valence electrons. The normalized spacial score (nSPS) is 17.0. The molecule has 0 bridgehead atoms. The molecule has 1 heterocycles. The topological polar surface area (TPSA) is 75.6 Å². The Morgan fingerprint density at radius 3 is 2.68 bits per heavy atom. The van der Waals surface area contributed by atoms with Gasteiger partial charge in [0.05, 0.1) is 17.5 Å². The van der Waals surface area contributed by atoms with Gasteiger partial charge in [-0.3, -0.25) is 9.59 Å². The third-order valence-electron chi connectivity index (χ3n) is 3.63. The molecule has 1 atom stereocenters. The van der Waals surface area contributed by atoms with E-state index in [-0.39, 0.29) is 23.3 Å². The molecule has 0 aromatic heterocycles. The van der Waals surface area contributed by atoms with E-state index in [1.165, 1.54) is 12.1 Å².